The van der Waals surface area contributed by atoms with Gasteiger partial charge in [-0.3, -0.25) is 9.59 Å². The van der Waals surface area contributed by atoms with Gasteiger partial charge in [0.1, 0.15) is 0 Å². The smallest absolute Gasteiger partial charge is 0.257 e. The number of nitrogens with zero attached hydrogens (tertiary/aromatic N) is 4. The van der Waals surface area contributed by atoms with Gasteiger partial charge in [-0.1, -0.05) is 46.4 Å². The fourth-order valence-electron chi connectivity index (χ4n) is 2.96. The molecule has 0 saturated heterocycles. The number of carbonyl (C=O) groups excluding carboxylic acids is 2. The Morgan fingerprint density at radius 3 is 2.16 bits per heavy atom. The summed E-state index contributed by atoms with van der Waals surface area (Å²) < 4.78 is 1.40. The molecule has 0 aliphatic heterocycles. The number of halogens is 4. The minimum Gasteiger partial charge on any atom is -0.368 e. The van der Waals surface area contributed by atoms with Crippen molar-refractivity contribution in [2.75, 3.05) is 5.73 Å². The van der Waals surface area contributed by atoms with E-state index in [1.54, 1.807) is 6.07 Å². The number of nitrogen functional groups attached to an aromatic ring is 1. The lowest BCUT2D eigenvalue weighted by Gasteiger charge is -2.02. The van der Waals surface area contributed by atoms with Gasteiger partial charge >= 0.3 is 0 Å². The maximum atomic E-state index is 12.8. The average molecular weight is 495 g/mol. The molecular formula is C20H11Cl4N5O2. The van der Waals surface area contributed by atoms with Crippen molar-refractivity contribution in [1.82, 2.24) is 19.6 Å². The van der Waals surface area contributed by atoms with E-state index in [2.05, 4.69) is 15.2 Å². The van der Waals surface area contributed by atoms with Crippen LogP contribution >= 0.6 is 46.4 Å². The second kappa shape index (κ2) is 8.43. The number of imidazole rings is 1. The van der Waals surface area contributed by atoms with E-state index in [4.69, 9.17) is 52.1 Å². The van der Waals surface area contributed by atoms with Crippen LogP contribution in [0.4, 0.5) is 5.95 Å². The number of aromatic nitrogens is 4. The third kappa shape index (κ3) is 4.22. The highest BCUT2D eigenvalue weighted by Gasteiger charge is 2.18. The first kappa shape index (κ1) is 21.5. The van der Waals surface area contributed by atoms with Gasteiger partial charge in [0.15, 0.2) is 11.6 Å². The molecule has 2 aromatic carbocycles. The molecule has 0 saturated carbocycles. The molecule has 0 aliphatic carbocycles. The van der Waals surface area contributed by atoms with Gasteiger partial charge in [0.05, 0.1) is 37.6 Å². The topological polar surface area (TPSA) is 103 Å². The molecule has 11 heteroatoms. The van der Waals surface area contributed by atoms with E-state index in [-0.39, 0.29) is 39.8 Å². The molecule has 7 nitrogen and oxygen atoms in total. The van der Waals surface area contributed by atoms with Crippen molar-refractivity contribution >= 4 is 75.8 Å². The summed E-state index contributed by atoms with van der Waals surface area (Å²) in [6.45, 7) is 0. The van der Waals surface area contributed by atoms with Crippen LogP contribution in [0.2, 0.25) is 20.1 Å². The lowest BCUT2D eigenvalue weighted by atomic mass is 10.1. The number of hydrogen-bond acceptors (Lipinski definition) is 6. The zero-order valence-corrected chi connectivity index (χ0v) is 18.5. The zero-order chi connectivity index (χ0) is 22.3. The molecule has 0 fully saturated rings. The van der Waals surface area contributed by atoms with E-state index in [0.717, 1.165) is 0 Å². The van der Waals surface area contributed by atoms with E-state index in [1.807, 2.05) is 0 Å². The largest absolute Gasteiger partial charge is 0.368 e. The van der Waals surface area contributed by atoms with Gasteiger partial charge in [-0.2, -0.15) is 0 Å². The number of Topliss-reactive ketones (excluding diaryl/α,β-unsaturated/α-hetero) is 2. The molecule has 0 spiro atoms. The highest BCUT2D eigenvalue weighted by molar-refractivity contribution is 6.42. The zero-order valence-electron chi connectivity index (χ0n) is 15.4. The molecule has 0 bridgehead atoms. The van der Waals surface area contributed by atoms with Crippen LogP contribution < -0.4 is 11.1 Å². The Balaban J connectivity index is 1.78. The second-order valence-electron chi connectivity index (χ2n) is 6.50. The molecular weight excluding hydrogens is 484 g/mol. The maximum Gasteiger partial charge on any atom is 0.257 e. The standard InChI is InChI=1S/C20H11Cl4N5O2/c21-11-3-1-9(5-13(11)23)17(30)7-15-16(29-19(25)27-28-20(29)26-15)8-18(31)10-2-4-12(22)14(24)6-10/h1-6,8H,7H2,(H2,25,27)/b16-8-. The fraction of sp³-hybridized carbons (Fsp3) is 0.0500. The number of rotatable bonds is 5. The first-order valence-corrected chi connectivity index (χ1v) is 10.2. The molecule has 156 valence electrons. The van der Waals surface area contributed by atoms with Gasteiger partial charge in [0, 0.05) is 17.2 Å². The number of anilines is 1. The maximum absolute atomic E-state index is 12.8. The van der Waals surface area contributed by atoms with Crippen molar-refractivity contribution in [2.24, 2.45) is 0 Å². The van der Waals surface area contributed by atoms with Gasteiger partial charge in [0.25, 0.3) is 5.78 Å². The monoisotopic (exact) mass is 493 g/mol. The summed E-state index contributed by atoms with van der Waals surface area (Å²) in [6.07, 6.45) is 1.18. The third-order valence-corrected chi connectivity index (χ3v) is 5.96. The van der Waals surface area contributed by atoms with Crippen LogP contribution in [0.15, 0.2) is 36.4 Å². The quantitative estimate of drug-likeness (QED) is 0.418. The molecule has 0 amide bonds. The van der Waals surface area contributed by atoms with Crippen molar-refractivity contribution in [2.45, 2.75) is 6.42 Å². The first-order valence-electron chi connectivity index (χ1n) is 8.73. The Labute approximate surface area is 195 Å². The first-order chi connectivity index (χ1) is 14.7. The molecule has 31 heavy (non-hydrogen) atoms. The van der Waals surface area contributed by atoms with E-state index in [1.165, 1.54) is 40.8 Å². The highest BCUT2D eigenvalue weighted by atomic mass is 35.5. The van der Waals surface area contributed by atoms with Crippen molar-refractivity contribution in [3.05, 3.63) is 78.7 Å². The Hall–Kier alpha value is -2.71. The van der Waals surface area contributed by atoms with E-state index in [0.29, 0.717) is 32.2 Å². The Morgan fingerprint density at radius 2 is 1.52 bits per heavy atom. The van der Waals surface area contributed by atoms with Gasteiger partial charge in [-0.05, 0) is 36.4 Å². The predicted octanol–water partition coefficient (Wildman–Crippen LogP) is 4.13. The van der Waals surface area contributed by atoms with E-state index >= 15 is 0 Å². The lowest BCUT2D eigenvalue weighted by Crippen LogP contribution is -2.20. The molecule has 2 heterocycles. The highest BCUT2D eigenvalue weighted by Crippen LogP contribution is 2.24. The summed E-state index contributed by atoms with van der Waals surface area (Å²) in [4.78, 5) is 30.0. The molecule has 0 unspecified atom stereocenters. The molecule has 0 atom stereocenters. The molecule has 0 radical (unpaired) electrons. The summed E-state index contributed by atoms with van der Waals surface area (Å²) in [7, 11) is 0. The van der Waals surface area contributed by atoms with Crippen molar-refractivity contribution in [1.29, 1.82) is 0 Å². The number of fused-ring (bicyclic) bond motifs is 1. The van der Waals surface area contributed by atoms with Crippen molar-refractivity contribution in [3.63, 3.8) is 0 Å². The molecule has 4 rings (SSSR count). The van der Waals surface area contributed by atoms with Crippen molar-refractivity contribution < 1.29 is 9.59 Å². The number of carbonyl (C=O) groups is 2. The van der Waals surface area contributed by atoms with E-state index < -0.39 is 0 Å². The third-order valence-electron chi connectivity index (χ3n) is 4.48. The predicted molar refractivity (Wildman–Crippen MR) is 120 cm³/mol. The molecule has 2 N–H and O–H groups in total. The Bertz CT molecular complexity index is 1420. The SMILES string of the molecule is Nc1nnc2nc(CC(=O)c3ccc(Cl)c(Cl)c3)/c(=C/C(=O)c3ccc(Cl)c(Cl)c3)n12. The minimum atomic E-state index is -0.385. The Morgan fingerprint density at radius 1 is 0.903 bits per heavy atom. The number of nitrogens with two attached hydrogens (primary N) is 1. The van der Waals surface area contributed by atoms with Crippen molar-refractivity contribution in [3.8, 4) is 0 Å². The van der Waals surface area contributed by atoms with Crippen LogP contribution in [0.3, 0.4) is 0 Å². The van der Waals surface area contributed by atoms with Crippen LogP contribution in [0.5, 0.6) is 0 Å². The lowest BCUT2D eigenvalue weighted by molar-refractivity contribution is 0.0990. The second-order valence-corrected chi connectivity index (χ2v) is 8.13. The van der Waals surface area contributed by atoms with Crippen LogP contribution in [-0.2, 0) is 6.42 Å². The van der Waals surface area contributed by atoms with E-state index in [9.17, 15) is 9.59 Å². The van der Waals surface area contributed by atoms with Crippen LogP contribution in [0.1, 0.15) is 26.4 Å². The van der Waals surface area contributed by atoms with Gasteiger partial charge in [-0.25, -0.2) is 9.38 Å². The number of ketones is 2. The van der Waals surface area contributed by atoms with Crippen LogP contribution in [0, 0.1) is 0 Å². The number of hydrogen-bond donors (Lipinski definition) is 1. The normalized spacial score (nSPS) is 11.9. The molecule has 4 aromatic rings. The van der Waals surface area contributed by atoms with Gasteiger partial charge in [0.2, 0.25) is 5.95 Å². The van der Waals surface area contributed by atoms with Crippen LogP contribution in [-0.4, -0.2) is 31.1 Å². The van der Waals surface area contributed by atoms with Gasteiger partial charge < -0.3 is 5.73 Å². The summed E-state index contributed by atoms with van der Waals surface area (Å²) in [6, 6.07) is 9.07. The average Bonchev–Trinajstić information content (AvgIpc) is 3.25. The fourth-order valence-corrected chi connectivity index (χ4v) is 3.55. The molecule has 2 aromatic heterocycles. The summed E-state index contributed by atoms with van der Waals surface area (Å²) >= 11 is 23.9. The Kier molecular flexibility index (Phi) is 5.85. The van der Waals surface area contributed by atoms with Crippen LogP contribution in [0.25, 0.3) is 11.9 Å². The molecule has 0 aliphatic rings. The summed E-state index contributed by atoms with van der Waals surface area (Å²) in [5.41, 5.74) is 6.85. The minimum absolute atomic E-state index is 0.0314. The summed E-state index contributed by atoms with van der Waals surface area (Å²) in [5.74, 6) is -0.460. The van der Waals surface area contributed by atoms with Gasteiger partial charge in [-0.15, -0.1) is 10.2 Å². The number of benzene rings is 2. The summed E-state index contributed by atoms with van der Waals surface area (Å²) in [5, 5.41) is 9.09.